The Morgan fingerprint density at radius 2 is 1.70 bits per heavy atom. The molecule has 0 fully saturated rings. The van der Waals surface area contributed by atoms with Crippen molar-refractivity contribution in [3.05, 3.63) is 54.1 Å². The predicted molar refractivity (Wildman–Crippen MR) is 99.4 cm³/mol. The lowest BCUT2D eigenvalue weighted by molar-refractivity contribution is -0.122. The van der Waals surface area contributed by atoms with Crippen molar-refractivity contribution in [2.75, 3.05) is 22.9 Å². The van der Waals surface area contributed by atoms with E-state index in [1.54, 1.807) is 6.92 Å². The lowest BCUT2D eigenvalue weighted by atomic mass is 10.2. The van der Waals surface area contributed by atoms with Crippen LogP contribution in [-0.4, -0.2) is 33.7 Å². The molecule has 1 N–H and O–H groups in total. The molecule has 0 bridgehead atoms. The van der Waals surface area contributed by atoms with Crippen LogP contribution in [0, 0.1) is 11.6 Å². The Morgan fingerprint density at radius 1 is 1.15 bits per heavy atom. The number of benzene rings is 2. The van der Waals surface area contributed by atoms with E-state index in [2.05, 4.69) is 5.32 Å². The average Bonchev–Trinajstić information content (AvgIpc) is 2.61. The maximum Gasteiger partial charge on any atom is 0.265 e. The highest BCUT2D eigenvalue weighted by atomic mass is 32.2. The summed E-state index contributed by atoms with van der Waals surface area (Å²) in [5, 5.41) is 2.20. The number of hydrogen-bond acceptors (Lipinski definition) is 4. The fourth-order valence-corrected chi connectivity index (χ4v) is 2.74. The zero-order chi connectivity index (χ0) is 20.2. The van der Waals surface area contributed by atoms with Crippen LogP contribution in [0.4, 0.5) is 20.2 Å². The number of sulfonamides is 1. The molecular formula is C18H20F2N2O4S. The van der Waals surface area contributed by atoms with E-state index in [0.717, 1.165) is 22.7 Å². The zero-order valence-corrected chi connectivity index (χ0v) is 15.9. The molecule has 0 aromatic heterocycles. The van der Waals surface area contributed by atoms with Gasteiger partial charge in [0.1, 0.15) is 23.1 Å². The van der Waals surface area contributed by atoms with E-state index in [9.17, 15) is 22.0 Å². The Bertz CT molecular complexity index is 897. The van der Waals surface area contributed by atoms with Crippen molar-refractivity contribution in [1.82, 2.24) is 0 Å². The van der Waals surface area contributed by atoms with Gasteiger partial charge in [-0.05, 0) is 42.8 Å². The van der Waals surface area contributed by atoms with Crippen LogP contribution in [0.15, 0.2) is 42.5 Å². The summed E-state index contributed by atoms with van der Waals surface area (Å²) in [6.45, 7) is 1.69. The second kappa shape index (κ2) is 8.34. The van der Waals surface area contributed by atoms with Crippen LogP contribution in [0.1, 0.15) is 13.3 Å². The van der Waals surface area contributed by atoms with Crippen molar-refractivity contribution in [2.45, 2.75) is 19.4 Å². The zero-order valence-electron chi connectivity index (χ0n) is 15.1. The van der Waals surface area contributed by atoms with E-state index >= 15 is 0 Å². The molecule has 2 rings (SSSR count). The second-order valence-corrected chi connectivity index (χ2v) is 7.84. The standard InChI is InChI=1S/C18H20F2N2O4S/c1-4-16(18(23)21-17-14(19)6-5-7-15(17)20)26-13-10-8-12(9-11-13)22(2)27(3,24)25/h5-11,16H,4H2,1-3H3,(H,21,23)/t16-/m0/s1. The molecule has 9 heteroatoms. The van der Waals surface area contributed by atoms with Gasteiger partial charge in [-0.3, -0.25) is 9.10 Å². The van der Waals surface area contributed by atoms with Crippen molar-refractivity contribution in [2.24, 2.45) is 0 Å². The van der Waals surface area contributed by atoms with E-state index in [4.69, 9.17) is 4.74 Å². The Morgan fingerprint density at radius 3 is 2.19 bits per heavy atom. The molecule has 0 saturated heterocycles. The van der Waals surface area contributed by atoms with Crippen LogP contribution in [0.2, 0.25) is 0 Å². The lowest BCUT2D eigenvalue weighted by Gasteiger charge is -2.19. The average molecular weight is 398 g/mol. The summed E-state index contributed by atoms with van der Waals surface area (Å²) in [4.78, 5) is 12.3. The molecule has 2 aromatic rings. The molecule has 0 aliphatic rings. The molecule has 1 atom stereocenters. The van der Waals surface area contributed by atoms with Gasteiger partial charge >= 0.3 is 0 Å². The van der Waals surface area contributed by atoms with Crippen LogP contribution in [-0.2, 0) is 14.8 Å². The second-order valence-electron chi connectivity index (χ2n) is 5.83. The molecule has 0 saturated carbocycles. The highest BCUT2D eigenvalue weighted by molar-refractivity contribution is 7.92. The van der Waals surface area contributed by atoms with Gasteiger partial charge in [-0.15, -0.1) is 0 Å². The minimum Gasteiger partial charge on any atom is -0.481 e. The number of para-hydroxylation sites is 1. The van der Waals surface area contributed by atoms with Crippen molar-refractivity contribution in [3.63, 3.8) is 0 Å². The Balaban J connectivity index is 2.11. The van der Waals surface area contributed by atoms with Gasteiger partial charge in [-0.25, -0.2) is 17.2 Å². The third-order valence-corrected chi connectivity index (χ3v) is 5.06. The van der Waals surface area contributed by atoms with E-state index < -0.39 is 39.4 Å². The molecule has 2 aromatic carbocycles. The maximum atomic E-state index is 13.7. The number of nitrogens with zero attached hydrogens (tertiary/aromatic N) is 1. The van der Waals surface area contributed by atoms with E-state index in [-0.39, 0.29) is 6.42 Å². The van der Waals surface area contributed by atoms with Gasteiger partial charge in [-0.1, -0.05) is 13.0 Å². The fraction of sp³-hybridized carbons (Fsp3) is 0.278. The lowest BCUT2D eigenvalue weighted by Crippen LogP contribution is -2.33. The van der Waals surface area contributed by atoms with Gasteiger partial charge in [-0.2, -0.15) is 0 Å². The Hall–Kier alpha value is -2.68. The van der Waals surface area contributed by atoms with Crippen LogP contribution in [0.25, 0.3) is 0 Å². The van der Waals surface area contributed by atoms with Gasteiger partial charge in [0, 0.05) is 7.05 Å². The summed E-state index contributed by atoms with van der Waals surface area (Å²) < 4.78 is 57.1. The van der Waals surface area contributed by atoms with Crippen molar-refractivity contribution < 1.29 is 26.7 Å². The Kier molecular flexibility index (Phi) is 6.37. The number of halogens is 2. The first-order valence-corrected chi connectivity index (χ1v) is 9.93. The molecular weight excluding hydrogens is 378 g/mol. The number of ether oxygens (including phenoxy) is 1. The number of hydrogen-bond donors (Lipinski definition) is 1. The third kappa shape index (κ3) is 5.16. The first-order valence-electron chi connectivity index (χ1n) is 8.09. The largest absolute Gasteiger partial charge is 0.481 e. The van der Waals surface area contributed by atoms with E-state index in [0.29, 0.717) is 11.4 Å². The number of carbonyl (C=O) groups excluding carboxylic acids is 1. The van der Waals surface area contributed by atoms with Gasteiger partial charge < -0.3 is 10.1 Å². The number of anilines is 2. The van der Waals surface area contributed by atoms with Gasteiger partial charge in [0.2, 0.25) is 10.0 Å². The van der Waals surface area contributed by atoms with Gasteiger partial charge in [0.05, 0.1) is 11.9 Å². The summed E-state index contributed by atoms with van der Waals surface area (Å²) in [7, 11) is -1.98. The summed E-state index contributed by atoms with van der Waals surface area (Å²) in [5.41, 5.74) is -0.106. The molecule has 6 nitrogen and oxygen atoms in total. The minimum atomic E-state index is -3.40. The summed E-state index contributed by atoms with van der Waals surface area (Å²) in [6, 6.07) is 9.35. The molecule has 0 radical (unpaired) electrons. The van der Waals surface area contributed by atoms with Gasteiger partial charge in [0.15, 0.2) is 6.10 Å². The topological polar surface area (TPSA) is 75.7 Å². The maximum absolute atomic E-state index is 13.7. The highest BCUT2D eigenvalue weighted by Crippen LogP contribution is 2.23. The quantitative estimate of drug-likeness (QED) is 0.777. The van der Waals surface area contributed by atoms with Crippen molar-refractivity contribution in [3.8, 4) is 5.75 Å². The van der Waals surface area contributed by atoms with E-state index in [1.807, 2.05) is 0 Å². The monoisotopic (exact) mass is 398 g/mol. The van der Waals surface area contributed by atoms with Crippen LogP contribution >= 0.6 is 0 Å². The normalized spacial score (nSPS) is 12.3. The summed E-state index contributed by atoms with van der Waals surface area (Å²) in [6.07, 6.45) is 0.353. The molecule has 0 spiro atoms. The molecule has 146 valence electrons. The third-order valence-electron chi connectivity index (χ3n) is 3.85. The number of amides is 1. The summed E-state index contributed by atoms with van der Waals surface area (Å²) >= 11 is 0. The highest BCUT2D eigenvalue weighted by Gasteiger charge is 2.21. The molecule has 0 heterocycles. The number of carbonyl (C=O) groups is 1. The van der Waals surface area contributed by atoms with Crippen molar-refractivity contribution in [1.29, 1.82) is 0 Å². The molecule has 1 amide bonds. The molecule has 0 aliphatic heterocycles. The van der Waals surface area contributed by atoms with Crippen LogP contribution in [0.3, 0.4) is 0 Å². The minimum absolute atomic E-state index is 0.257. The predicted octanol–water partition coefficient (Wildman–Crippen LogP) is 3.16. The smallest absolute Gasteiger partial charge is 0.265 e. The number of nitrogens with one attached hydrogen (secondary N) is 1. The molecule has 27 heavy (non-hydrogen) atoms. The summed E-state index contributed by atoms with van der Waals surface area (Å²) in [5.74, 6) is -2.15. The Labute approximate surface area is 156 Å². The van der Waals surface area contributed by atoms with Gasteiger partial charge in [0.25, 0.3) is 5.91 Å². The van der Waals surface area contributed by atoms with Crippen molar-refractivity contribution >= 4 is 27.3 Å². The SMILES string of the molecule is CC[C@H](Oc1ccc(N(C)S(C)(=O)=O)cc1)C(=O)Nc1c(F)cccc1F. The first-order chi connectivity index (χ1) is 12.6. The van der Waals surface area contributed by atoms with E-state index in [1.165, 1.54) is 37.4 Å². The molecule has 0 aliphatic carbocycles. The molecule has 0 unspecified atom stereocenters. The number of rotatable bonds is 7. The van der Waals surface area contributed by atoms with Crippen LogP contribution in [0.5, 0.6) is 5.75 Å². The fourth-order valence-electron chi connectivity index (χ4n) is 2.23. The first kappa shape index (κ1) is 20.6. The van der Waals surface area contributed by atoms with Crippen LogP contribution < -0.4 is 14.4 Å².